The molecule has 0 aromatic heterocycles. The van der Waals surface area contributed by atoms with E-state index in [1.165, 1.54) is 5.56 Å². The first-order valence-electron chi connectivity index (χ1n) is 5.16. The summed E-state index contributed by atoms with van der Waals surface area (Å²) in [6, 6.07) is 11.4. The molecule has 76 valence electrons. The molecule has 0 aliphatic rings. The molecule has 0 bridgehead atoms. The summed E-state index contributed by atoms with van der Waals surface area (Å²) in [5.74, 6) is 0. The molecule has 1 N–H and O–H groups in total. The second kappa shape index (κ2) is 5.61. The van der Waals surface area contributed by atoms with Crippen LogP contribution in [0.3, 0.4) is 0 Å². The van der Waals surface area contributed by atoms with Crippen molar-refractivity contribution in [2.45, 2.75) is 32.4 Å². The van der Waals surface area contributed by atoms with Gasteiger partial charge in [0.25, 0.3) is 0 Å². The van der Waals surface area contributed by atoms with Gasteiger partial charge in [0.2, 0.25) is 0 Å². The van der Waals surface area contributed by atoms with Crippen LogP contribution in [0, 0.1) is 0 Å². The molecule has 1 heteroatoms. The first kappa shape index (κ1) is 11.0. The van der Waals surface area contributed by atoms with E-state index >= 15 is 0 Å². The Morgan fingerprint density at radius 2 is 1.93 bits per heavy atom. The molecule has 1 aromatic carbocycles. The lowest BCUT2D eigenvalue weighted by Gasteiger charge is -2.19. The Labute approximate surface area is 86.8 Å². The van der Waals surface area contributed by atoms with Crippen molar-refractivity contribution in [3.8, 4) is 0 Å². The molecule has 0 saturated heterocycles. The van der Waals surface area contributed by atoms with Gasteiger partial charge in [-0.15, -0.1) is 6.58 Å². The minimum Gasteiger partial charge on any atom is -0.307 e. The van der Waals surface area contributed by atoms with Crippen molar-refractivity contribution in [2.75, 3.05) is 0 Å². The lowest BCUT2D eigenvalue weighted by atomic mass is 10.1. The van der Waals surface area contributed by atoms with Gasteiger partial charge in [-0.2, -0.15) is 0 Å². The van der Waals surface area contributed by atoms with Crippen molar-refractivity contribution in [2.24, 2.45) is 0 Å². The minimum absolute atomic E-state index is 0.408. The monoisotopic (exact) mass is 189 g/mol. The van der Waals surface area contributed by atoms with Gasteiger partial charge in [-0.1, -0.05) is 36.4 Å². The summed E-state index contributed by atoms with van der Waals surface area (Å²) in [6.07, 6.45) is 2.96. The first-order valence-corrected chi connectivity index (χ1v) is 5.16. The lowest BCUT2D eigenvalue weighted by molar-refractivity contribution is 0.482. The summed E-state index contributed by atoms with van der Waals surface area (Å²) < 4.78 is 0. The lowest BCUT2D eigenvalue weighted by Crippen LogP contribution is -2.28. The Hall–Kier alpha value is -1.08. The van der Waals surface area contributed by atoms with Crippen LogP contribution in [-0.4, -0.2) is 6.04 Å². The molecule has 0 aliphatic heterocycles. The highest BCUT2D eigenvalue weighted by atomic mass is 14.9. The van der Waals surface area contributed by atoms with Gasteiger partial charge in [0.05, 0.1) is 0 Å². The van der Waals surface area contributed by atoms with E-state index in [0.29, 0.717) is 12.1 Å². The predicted molar refractivity (Wildman–Crippen MR) is 62.3 cm³/mol. The van der Waals surface area contributed by atoms with Crippen molar-refractivity contribution in [1.82, 2.24) is 5.32 Å². The molecule has 2 atom stereocenters. The van der Waals surface area contributed by atoms with Gasteiger partial charge in [0.15, 0.2) is 0 Å². The summed E-state index contributed by atoms with van der Waals surface area (Å²) in [7, 11) is 0. The van der Waals surface area contributed by atoms with Gasteiger partial charge in [-0.05, 0) is 25.8 Å². The maximum atomic E-state index is 3.74. The highest BCUT2D eigenvalue weighted by molar-refractivity contribution is 5.18. The van der Waals surface area contributed by atoms with Crippen LogP contribution in [0.25, 0.3) is 0 Å². The molecule has 0 fully saturated rings. The van der Waals surface area contributed by atoms with Crippen LogP contribution >= 0.6 is 0 Å². The van der Waals surface area contributed by atoms with Gasteiger partial charge < -0.3 is 5.32 Å². The van der Waals surface area contributed by atoms with Crippen molar-refractivity contribution in [3.05, 3.63) is 48.6 Å². The van der Waals surface area contributed by atoms with Crippen molar-refractivity contribution < 1.29 is 0 Å². The topological polar surface area (TPSA) is 12.0 Å². The van der Waals surface area contributed by atoms with Crippen molar-refractivity contribution >= 4 is 0 Å². The smallest absolute Gasteiger partial charge is 0.0294 e. The van der Waals surface area contributed by atoms with Gasteiger partial charge in [-0.25, -0.2) is 0 Å². The van der Waals surface area contributed by atoms with Gasteiger partial charge in [-0.3, -0.25) is 0 Å². The normalized spacial score (nSPS) is 14.7. The zero-order chi connectivity index (χ0) is 10.4. The first-order chi connectivity index (χ1) is 6.74. The fourth-order valence-electron chi connectivity index (χ4n) is 1.58. The maximum Gasteiger partial charge on any atom is 0.0294 e. The number of hydrogen-bond donors (Lipinski definition) is 1. The molecule has 0 amide bonds. The highest BCUT2D eigenvalue weighted by Gasteiger charge is 2.06. The van der Waals surface area contributed by atoms with E-state index in [0.717, 1.165) is 6.42 Å². The van der Waals surface area contributed by atoms with Crippen LogP contribution in [-0.2, 0) is 0 Å². The van der Waals surface area contributed by atoms with Crippen LogP contribution in [0.5, 0.6) is 0 Å². The van der Waals surface area contributed by atoms with Crippen LogP contribution in [0.4, 0.5) is 0 Å². The number of benzene rings is 1. The van der Waals surface area contributed by atoms with Crippen LogP contribution < -0.4 is 5.32 Å². The van der Waals surface area contributed by atoms with Crippen LogP contribution in [0.2, 0.25) is 0 Å². The quantitative estimate of drug-likeness (QED) is 0.701. The van der Waals surface area contributed by atoms with Crippen LogP contribution in [0.15, 0.2) is 43.0 Å². The number of nitrogens with one attached hydrogen (secondary N) is 1. The summed E-state index contributed by atoms with van der Waals surface area (Å²) in [6.45, 7) is 8.11. The minimum atomic E-state index is 0.408. The van der Waals surface area contributed by atoms with Crippen molar-refractivity contribution in [3.63, 3.8) is 0 Å². The average molecular weight is 189 g/mol. The Bertz CT molecular complexity index is 266. The van der Waals surface area contributed by atoms with E-state index < -0.39 is 0 Å². The third kappa shape index (κ3) is 3.35. The van der Waals surface area contributed by atoms with E-state index in [4.69, 9.17) is 0 Å². The molecule has 0 spiro atoms. The molecule has 1 aromatic rings. The molecular formula is C13H19N. The Morgan fingerprint density at radius 1 is 1.29 bits per heavy atom. The number of rotatable bonds is 5. The summed E-state index contributed by atoms with van der Waals surface area (Å²) in [5.41, 5.74) is 1.34. The molecule has 0 heterocycles. The highest BCUT2D eigenvalue weighted by Crippen LogP contribution is 2.12. The van der Waals surface area contributed by atoms with E-state index in [1.54, 1.807) is 0 Å². The van der Waals surface area contributed by atoms with Gasteiger partial charge in [0.1, 0.15) is 0 Å². The summed E-state index contributed by atoms with van der Waals surface area (Å²) in [5, 5.41) is 3.53. The molecule has 0 saturated carbocycles. The largest absolute Gasteiger partial charge is 0.307 e. The Morgan fingerprint density at radius 3 is 2.50 bits per heavy atom. The van der Waals surface area contributed by atoms with Crippen molar-refractivity contribution in [1.29, 1.82) is 0 Å². The summed E-state index contributed by atoms with van der Waals surface area (Å²) in [4.78, 5) is 0. The molecule has 0 aliphatic carbocycles. The molecule has 0 radical (unpaired) electrons. The van der Waals surface area contributed by atoms with E-state index in [9.17, 15) is 0 Å². The average Bonchev–Trinajstić information content (AvgIpc) is 2.19. The third-order valence-corrected chi connectivity index (χ3v) is 2.35. The predicted octanol–water partition coefficient (Wildman–Crippen LogP) is 3.30. The summed E-state index contributed by atoms with van der Waals surface area (Å²) >= 11 is 0. The second-order valence-corrected chi connectivity index (χ2v) is 3.72. The molecule has 1 unspecified atom stereocenters. The standard InChI is InChI=1S/C13H19N/c1-4-8-11(2)14-12(3)13-9-6-5-7-10-13/h4-7,9-12,14H,1,8H2,2-3H3/t11?,12-/m1/s1. The van der Waals surface area contributed by atoms with Gasteiger partial charge in [0, 0.05) is 12.1 Å². The molecular weight excluding hydrogens is 170 g/mol. The maximum absolute atomic E-state index is 3.74. The van der Waals surface area contributed by atoms with Crippen LogP contribution in [0.1, 0.15) is 31.9 Å². The Kier molecular flexibility index (Phi) is 4.41. The van der Waals surface area contributed by atoms with Gasteiger partial charge >= 0.3 is 0 Å². The third-order valence-electron chi connectivity index (χ3n) is 2.35. The Balaban J connectivity index is 2.50. The fourth-order valence-corrected chi connectivity index (χ4v) is 1.58. The molecule has 14 heavy (non-hydrogen) atoms. The molecule has 1 nitrogen and oxygen atoms in total. The second-order valence-electron chi connectivity index (χ2n) is 3.72. The SMILES string of the molecule is C=CCC(C)N[C@H](C)c1ccccc1. The zero-order valence-electron chi connectivity index (χ0n) is 9.03. The number of hydrogen-bond acceptors (Lipinski definition) is 1. The molecule has 1 rings (SSSR count). The van der Waals surface area contributed by atoms with E-state index in [-0.39, 0.29) is 0 Å². The van der Waals surface area contributed by atoms with E-state index in [2.05, 4.69) is 50.0 Å². The zero-order valence-corrected chi connectivity index (χ0v) is 9.03. The fraction of sp³-hybridized carbons (Fsp3) is 0.385. The van der Waals surface area contributed by atoms with E-state index in [1.807, 2.05) is 12.1 Å².